The van der Waals surface area contributed by atoms with E-state index >= 15 is 0 Å². The van der Waals surface area contributed by atoms with Crippen LogP contribution in [0.25, 0.3) is 43.5 Å². The van der Waals surface area contributed by atoms with E-state index in [4.69, 9.17) is 4.42 Å². The Balaban J connectivity index is 2.13. The minimum absolute atomic E-state index is 0.946. The van der Waals surface area contributed by atoms with Crippen LogP contribution in [0.15, 0.2) is 75.6 Å². The average molecular weight is 347 g/mol. The molecule has 0 saturated carbocycles. The molecule has 0 amide bonds. The zero-order valence-electron chi connectivity index (χ0n) is 11.6. The topological polar surface area (TPSA) is 13.1 Å². The number of hydrogen-bond donors (Lipinski definition) is 0. The van der Waals surface area contributed by atoms with Gasteiger partial charge in [-0.25, -0.2) is 0 Å². The first-order valence-electron chi connectivity index (χ1n) is 7.23. The highest BCUT2D eigenvalue weighted by Crippen LogP contribution is 2.38. The maximum atomic E-state index is 6.09. The molecule has 0 atom stereocenters. The van der Waals surface area contributed by atoms with Crippen molar-refractivity contribution in [2.24, 2.45) is 0 Å². The molecule has 5 aromatic rings. The molecule has 0 aliphatic rings. The Morgan fingerprint density at radius 3 is 2.14 bits per heavy atom. The molecule has 1 nitrogen and oxygen atoms in total. The Kier molecular flexibility index (Phi) is 2.42. The van der Waals surface area contributed by atoms with Gasteiger partial charge in [0.15, 0.2) is 0 Å². The van der Waals surface area contributed by atoms with E-state index in [0.717, 1.165) is 15.6 Å². The molecule has 2 heteroatoms. The first kappa shape index (κ1) is 12.2. The van der Waals surface area contributed by atoms with Crippen LogP contribution in [0.2, 0.25) is 0 Å². The van der Waals surface area contributed by atoms with E-state index in [9.17, 15) is 0 Å². The van der Waals surface area contributed by atoms with Crippen molar-refractivity contribution in [2.75, 3.05) is 0 Å². The minimum Gasteiger partial charge on any atom is -0.456 e. The minimum atomic E-state index is 0.946. The predicted octanol–water partition coefficient (Wildman–Crippen LogP) is 6.65. The van der Waals surface area contributed by atoms with Crippen LogP contribution in [-0.4, -0.2) is 0 Å². The van der Waals surface area contributed by atoms with E-state index in [-0.39, 0.29) is 0 Å². The predicted molar refractivity (Wildman–Crippen MR) is 96.4 cm³/mol. The molecule has 0 bridgehead atoms. The molecule has 0 spiro atoms. The molecule has 1 aromatic heterocycles. The lowest BCUT2D eigenvalue weighted by molar-refractivity contribution is 0.669. The standard InChI is InChI=1S/C20H11BrO/c21-14-7-8-16-13(11-14)6-10-18-20(16)19-15-4-2-1-3-12(15)5-9-17(19)22-18/h1-11H. The summed E-state index contributed by atoms with van der Waals surface area (Å²) in [4.78, 5) is 0. The zero-order valence-corrected chi connectivity index (χ0v) is 13.2. The third-order valence-corrected chi connectivity index (χ3v) is 4.80. The molecule has 1 heterocycles. The average Bonchev–Trinajstić information content (AvgIpc) is 2.94. The summed E-state index contributed by atoms with van der Waals surface area (Å²) in [6, 6.07) is 23.3. The van der Waals surface area contributed by atoms with Crippen molar-refractivity contribution in [2.45, 2.75) is 0 Å². The van der Waals surface area contributed by atoms with Gasteiger partial charge in [0.25, 0.3) is 0 Å². The van der Waals surface area contributed by atoms with E-state index in [2.05, 4.69) is 82.7 Å². The summed E-state index contributed by atoms with van der Waals surface area (Å²) in [5.41, 5.74) is 1.89. The van der Waals surface area contributed by atoms with Crippen molar-refractivity contribution in [1.82, 2.24) is 0 Å². The first-order chi connectivity index (χ1) is 10.8. The normalized spacial score (nSPS) is 11.9. The Morgan fingerprint density at radius 2 is 1.32 bits per heavy atom. The van der Waals surface area contributed by atoms with Crippen LogP contribution in [-0.2, 0) is 0 Å². The number of hydrogen-bond acceptors (Lipinski definition) is 1. The van der Waals surface area contributed by atoms with Gasteiger partial charge in [-0.2, -0.15) is 0 Å². The van der Waals surface area contributed by atoms with Crippen LogP contribution in [0, 0.1) is 0 Å². The van der Waals surface area contributed by atoms with Gasteiger partial charge >= 0.3 is 0 Å². The van der Waals surface area contributed by atoms with Crippen molar-refractivity contribution < 1.29 is 4.42 Å². The Morgan fingerprint density at radius 1 is 0.636 bits per heavy atom. The molecule has 0 N–H and O–H groups in total. The fourth-order valence-corrected chi connectivity index (χ4v) is 3.72. The molecule has 4 aromatic carbocycles. The van der Waals surface area contributed by atoms with Crippen molar-refractivity contribution in [3.8, 4) is 0 Å². The van der Waals surface area contributed by atoms with Crippen molar-refractivity contribution in [1.29, 1.82) is 0 Å². The molecule has 5 rings (SSSR count). The smallest absolute Gasteiger partial charge is 0.136 e. The fraction of sp³-hybridized carbons (Fsp3) is 0. The maximum Gasteiger partial charge on any atom is 0.136 e. The lowest BCUT2D eigenvalue weighted by Gasteiger charge is -2.02. The van der Waals surface area contributed by atoms with Crippen LogP contribution in [0.1, 0.15) is 0 Å². The van der Waals surface area contributed by atoms with Crippen LogP contribution in [0.5, 0.6) is 0 Å². The number of halogens is 1. The van der Waals surface area contributed by atoms with E-state index < -0.39 is 0 Å². The second kappa shape index (κ2) is 4.34. The Labute approximate surface area is 135 Å². The monoisotopic (exact) mass is 346 g/mol. The highest BCUT2D eigenvalue weighted by atomic mass is 79.9. The number of benzene rings is 4. The molecule has 104 valence electrons. The summed E-state index contributed by atoms with van der Waals surface area (Å²) >= 11 is 3.55. The molecule has 0 radical (unpaired) electrons. The van der Waals surface area contributed by atoms with E-state index in [0.29, 0.717) is 0 Å². The van der Waals surface area contributed by atoms with E-state index in [1.165, 1.54) is 32.3 Å². The van der Waals surface area contributed by atoms with Gasteiger partial charge in [0.05, 0.1) is 0 Å². The first-order valence-corrected chi connectivity index (χ1v) is 8.03. The largest absolute Gasteiger partial charge is 0.456 e. The number of rotatable bonds is 0. The van der Waals surface area contributed by atoms with Gasteiger partial charge in [-0.3, -0.25) is 0 Å². The van der Waals surface area contributed by atoms with Crippen molar-refractivity contribution in [3.05, 3.63) is 71.2 Å². The van der Waals surface area contributed by atoms with Gasteiger partial charge in [0.1, 0.15) is 11.2 Å². The highest BCUT2D eigenvalue weighted by molar-refractivity contribution is 9.10. The molecular weight excluding hydrogens is 336 g/mol. The lowest BCUT2D eigenvalue weighted by Crippen LogP contribution is -1.77. The van der Waals surface area contributed by atoms with E-state index in [1.807, 2.05) is 0 Å². The summed E-state index contributed by atoms with van der Waals surface area (Å²) in [6.45, 7) is 0. The Bertz CT molecular complexity index is 1180. The third-order valence-electron chi connectivity index (χ3n) is 4.30. The van der Waals surface area contributed by atoms with Gasteiger partial charge in [-0.1, -0.05) is 58.4 Å². The van der Waals surface area contributed by atoms with Crippen LogP contribution >= 0.6 is 15.9 Å². The summed E-state index contributed by atoms with van der Waals surface area (Å²) in [5, 5.41) is 7.35. The quantitative estimate of drug-likeness (QED) is 0.305. The summed E-state index contributed by atoms with van der Waals surface area (Å²) in [5.74, 6) is 0. The SMILES string of the molecule is Brc1ccc2c(ccc3oc4ccc5ccccc5c4c32)c1. The molecule has 0 aliphatic heterocycles. The lowest BCUT2D eigenvalue weighted by atomic mass is 10.00. The second-order valence-corrected chi connectivity index (χ2v) is 6.48. The van der Waals surface area contributed by atoms with Crippen LogP contribution in [0.3, 0.4) is 0 Å². The fourth-order valence-electron chi connectivity index (χ4n) is 3.34. The molecule has 0 aliphatic carbocycles. The molecule has 22 heavy (non-hydrogen) atoms. The van der Waals surface area contributed by atoms with Gasteiger partial charge in [-0.15, -0.1) is 0 Å². The summed E-state index contributed by atoms with van der Waals surface area (Å²) < 4.78 is 7.18. The van der Waals surface area contributed by atoms with Gasteiger partial charge in [-0.05, 0) is 45.8 Å². The van der Waals surface area contributed by atoms with Gasteiger partial charge < -0.3 is 4.42 Å². The van der Waals surface area contributed by atoms with Crippen LogP contribution < -0.4 is 0 Å². The molecule has 0 unspecified atom stereocenters. The van der Waals surface area contributed by atoms with Gasteiger partial charge in [0.2, 0.25) is 0 Å². The maximum absolute atomic E-state index is 6.09. The highest BCUT2D eigenvalue weighted by Gasteiger charge is 2.13. The second-order valence-electron chi connectivity index (χ2n) is 5.57. The van der Waals surface area contributed by atoms with Crippen molar-refractivity contribution >= 4 is 59.4 Å². The van der Waals surface area contributed by atoms with Crippen molar-refractivity contribution in [3.63, 3.8) is 0 Å². The van der Waals surface area contributed by atoms with E-state index in [1.54, 1.807) is 0 Å². The molecule has 0 fully saturated rings. The van der Waals surface area contributed by atoms with Gasteiger partial charge in [0, 0.05) is 15.2 Å². The zero-order chi connectivity index (χ0) is 14.7. The number of furan rings is 1. The summed E-state index contributed by atoms with van der Waals surface area (Å²) in [7, 11) is 0. The molecular formula is C20H11BrO. The molecule has 0 saturated heterocycles. The third kappa shape index (κ3) is 1.59. The summed E-state index contributed by atoms with van der Waals surface area (Å²) in [6.07, 6.45) is 0. The number of fused-ring (bicyclic) bond motifs is 7. The Hall–Kier alpha value is -2.32. The van der Waals surface area contributed by atoms with Crippen LogP contribution in [0.4, 0.5) is 0 Å².